The highest BCUT2D eigenvalue weighted by atomic mass is 32.1. The zero-order valence-corrected chi connectivity index (χ0v) is 17.9. The van der Waals surface area contributed by atoms with Gasteiger partial charge < -0.3 is 10.1 Å². The Morgan fingerprint density at radius 1 is 1.13 bits per heavy atom. The highest BCUT2D eigenvalue weighted by molar-refractivity contribution is 7.15. The maximum Gasteiger partial charge on any atom is 0.224 e. The summed E-state index contributed by atoms with van der Waals surface area (Å²) >= 11 is 1.56. The molecular formula is C23H24N4O2S. The van der Waals surface area contributed by atoms with Crippen LogP contribution in [0.2, 0.25) is 0 Å². The number of benzene rings is 2. The number of nitrogens with one attached hydrogen (secondary N) is 1. The molecule has 154 valence electrons. The predicted molar refractivity (Wildman–Crippen MR) is 119 cm³/mol. The third-order valence-electron chi connectivity index (χ3n) is 4.76. The van der Waals surface area contributed by atoms with Crippen molar-refractivity contribution in [2.45, 2.75) is 26.7 Å². The first-order valence-corrected chi connectivity index (χ1v) is 10.9. The van der Waals surface area contributed by atoms with Crippen LogP contribution in [0.25, 0.3) is 16.3 Å². The average molecular weight is 421 g/mol. The number of hydrogen-bond acceptors (Lipinski definition) is 5. The SMILES string of the molecule is CCOc1ccc(CC(=O)NCCc2csc3nc(-c4ccc(C)cc4)nn23)cc1. The van der Waals surface area contributed by atoms with Crippen LogP contribution in [0.4, 0.5) is 0 Å². The van der Waals surface area contributed by atoms with Crippen LogP contribution in [0.3, 0.4) is 0 Å². The summed E-state index contributed by atoms with van der Waals surface area (Å²) in [5.74, 6) is 1.55. The Morgan fingerprint density at radius 3 is 2.63 bits per heavy atom. The molecular weight excluding hydrogens is 396 g/mol. The molecule has 0 aliphatic carbocycles. The molecule has 4 aromatic rings. The fourth-order valence-electron chi connectivity index (χ4n) is 3.17. The van der Waals surface area contributed by atoms with E-state index >= 15 is 0 Å². The van der Waals surface area contributed by atoms with Crippen molar-refractivity contribution in [3.63, 3.8) is 0 Å². The largest absolute Gasteiger partial charge is 0.494 e. The fourth-order valence-corrected chi connectivity index (χ4v) is 4.03. The second-order valence-electron chi connectivity index (χ2n) is 7.08. The van der Waals surface area contributed by atoms with Gasteiger partial charge in [-0.3, -0.25) is 4.79 Å². The van der Waals surface area contributed by atoms with Crippen molar-refractivity contribution < 1.29 is 9.53 Å². The summed E-state index contributed by atoms with van der Waals surface area (Å²) in [6.45, 7) is 5.20. The molecule has 30 heavy (non-hydrogen) atoms. The Hall–Kier alpha value is -3.19. The molecule has 0 spiro atoms. The van der Waals surface area contributed by atoms with Gasteiger partial charge in [-0.25, -0.2) is 4.52 Å². The Morgan fingerprint density at radius 2 is 1.90 bits per heavy atom. The van der Waals surface area contributed by atoms with Crippen LogP contribution >= 0.6 is 11.3 Å². The zero-order valence-electron chi connectivity index (χ0n) is 17.1. The molecule has 0 fully saturated rings. The number of ether oxygens (including phenoxy) is 1. The number of amides is 1. The monoisotopic (exact) mass is 420 g/mol. The summed E-state index contributed by atoms with van der Waals surface area (Å²) in [5.41, 5.74) is 4.22. The molecule has 0 unspecified atom stereocenters. The maximum atomic E-state index is 12.3. The van der Waals surface area contributed by atoms with Crippen molar-refractivity contribution in [2.75, 3.05) is 13.2 Å². The van der Waals surface area contributed by atoms with Crippen molar-refractivity contribution in [2.24, 2.45) is 0 Å². The molecule has 1 N–H and O–H groups in total. The lowest BCUT2D eigenvalue weighted by atomic mass is 10.1. The molecule has 0 bridgehead atoms. The number of nitrogens with zero attached hydrogens (tertiary/aromatic N) is 3. The van der Waals surface area contributed by atoms with Crippen LogP contribution in [0.15, 0.2) is 53.9 Å². The highest BCUT2D eigenvalue weighted by Crippen LogP contribution is 2.21. The first kappa shape index (κ1) is 20.1. The summed E-state index contributed by atoms with van der Waals surface area (Å²) in [4.78, 5) is 17.7. The Labute approximate surface area is 179 Å². The van der Waals surface area contributed by atoms with Crippen molar-refractivity contribution in [1.82, 2.24) is 19.9 Å². The molecule has 4 rings (SSSR count). The van der Waals surface area contributed by atoms with E-state index in [0.29, 0.717) is 26.0 Å². The Kier molecular flexibility index (Phi) is 6.09. The van der Waals surface area contributed by atoms with E-state index in [1.807, 2.05) is 53.2 Å². The minimum atomic E-state index is 0.00423. The summed E-state index contributed by atoms with van der Waals surface area (Å²) < 4.78 is 7.30. The molecule has 7 heteroatoms. The van der Waals surface area contributed by atoms with Crippen LogP contribution in [0.1, 0.15) is 23.7 Å². The smallest absolute Gasteiger partial charge is 0.224 e. The summed E-state index contributed by atoms with van der Waals surface area (Å²) in [5, 5.41) is 9.69. The van der Waals surface area contributed by atoms with Crippen LogP contribution in [0.5, 0.6) is 5.75 Å². The molecule has 2 heterocycles. The minimum Gasteiger partial charge on any atom is -0.494 e. The standard InChI is InChI=1S/C23H24N4O2S/c1-3-29-20-10-6-17(7-11-20)14-21(28)24-13-12-19-15-30-23-25-22(26-27(19)23)18-8-4-16(2)5-9-18/h4-11,15H,3,12-14H2,1-2H3,(H,24,28). The fraction of sp³-hybridized carbons (Fsp3) is 0.261. The van der Waals surface area contributed by atoms with Gasteiger partial charge in [0, 0.05) is 23.9 Å². The summed E-state index contributed by atoms with van der Waals surface area (Å²) in [7, 11) is 0. The van der Waals surface area contributed by atoms with Gasteiger partial charge in [0.25, 0.3) is 0 Å². The van der Waals surface area contributed by atoms with E-state index in [2.05, 4.69) is 34.5 Å². The lowest BCUT2D eigenvalue weighted by molar-refractivity contribution is -0.120. The van der Waals surface area contributed by atoms with Crippen molar-refractivity contribution in [3.05, 3.63) is 70.7 Å². The van der Waals surface area contributed by atoms with Gasteiger partial charge in [0.05, 0.1) is 18.7 Å². The molecule has 6 nitrogen and oxygen atoms in total. The molecule has 0 aliphatic heterocycles. The summed E-state index contributed by atoms with van der Waals surface area (Å²) in [6, 6.07) is 15.8. The van der Waals surface area contributed by atoms with E-state index in [9.17, 15) is 4.79 Å². The number of carbonyl (C=O) groups is 1. The number of rotatable bonds is 8. The zero-order chi connectivity index (χ0) is 20.9. The molecule has 0 aliphatic rings. The highest BCUT2D eigenvalue weighted by Gasteiger charge is 2.12. The van der Waals surface area contributed by atoms with Gasteiger partial charge in [-0.1, -0.05) is 42.0 Å². The van der Waals surface area contributed by atoms with E-state index in [1.165, 1.54) is 5.56 Å². The number of hydrogen-bond donors (Lipinski definition) is 1. The number of thiazole rings is 1. The molecule has 2 aromatic carbocycles. The van der Waals surface area contributed by atoms with Crippen LogP contribution in [-0.4, -0.2) is 33.7 Å². The number of carbonyl (C=O) groups excluding carboxylic acids is 1. The number of fused-ring (bicyclic) bond motifs is 1. The number of aromatic nitrogens is 3. The van der Waals surface area contributed by atoms with E-state index in [0.717, 1.165) is 33.4 Å². The lowest BCUT2D eigenvalue weighted by Crippen LogP contribution is -2.27. The second-order valence-corrected chi connectivity index (χ2v) is 7.91. The van der Waals surface area contributed by atoms with Gasteiger partial charge in [0.2, 0.25) is 10.9 Å². The van der Waals surface area contributed by atoms with Gasteiger partial charge in [-0.2, -0.15) is 4.98 Å². The van der Waals surface area contributed by atoms with Crippen LogP contribution < -0.4 is 10.1 Å². The third kappa shape index (κ3) is 4.68. The van der Waals surface area contributed by atoms with E-state index < -0.39 is 0 Å². The lowest BCUT2D eigenvalue weighted by Gasteiger charge is -2.06. The molecule has 0 radical (unpaired) electrons. The molecule has 0 saturated heterocycles. The van der Waals surface area contributed by atoms with Gasteiger partial charge in [-0.05, 0) is 31.5 Å². The van der Waals surface area contributed by atoms with Crippen molar-refractivity contribution in [1.29, 1.82) is 0 Å². The van der Waals surface area contributed by atoms with Crippen molar-refractivity contribution in [3.8, 4) is 17.1 Å². The third-order valence-corrected chi connectivity index (χ3v) is 5.63. The van der Waals surface area contributed by atoms with E-state index in [1.54, 1.807) is 11.3 Å². The average Bonchev–Trinajstić information content (AvgIpc) is 3.32. The molecule has 0 atom stereocenters. The van der Waals surface area contributed by atoms with Gasteiger partial charge in [0.15, 0.2) is 5.82 Å². The van der Waals surface area contributed by atoms with Crippen LogP contribution in [-0.2, 0) is 17.6 Å². The quantitative estimate of drug-likeness (QED) is 0.467. The van der Waals surface area contributed by atoms with Gasteiger partial charge >= 0.3 is 0 Å². The molecule has 0 saturated carbocycles. The minimum absolute atomic E-state index is 0.00423. The first-order chi connectivity index (χ1) is 14.6. The normalized spacial score (nSPS) is 11.0. The Balaban J connectivity index is 1.33. The molecule has 2 aromatic heterocycles. The van der Waals surface area contributed by atoms with Gasteiger partial charge in [0.1, 0.15) is 5.75 Å². The predicted octanol–water partition coefficient (Wildman–Crippen LogP) is 4.07. The second kappa shape index (κ2) is 9.09. The Bertz CT molecular complexity index is 1130. The molecule has 1 amide bonds. The van der Waals surface area contributed by atoms with Gasteiger partial charge in [-0.15, -0.1) is 16.4 Å². The first-order valence-electron chi connectivity index (χ1n) is 10.0. The maximum absolute atomic E-state index is 12.3. The summed E-state index contributed by atoms with van der Waals surface area (Å²) in [6.07, 6.45) is 1.05. The topological polar surface area (TPSA) is 68.5 Å². The van der Waals surface area contributed by atoms with Crippen LogP contribution in [0, 0.1) is 6.92 Å². The van der Waals surface area contributed by atoms with E-state index in [-0.39, 0.29) is 5.91 Å². The number of aryl methyl sites for hydroxylation is 1. The van der Waals surface area contributed by atoms with Crippen molar-refractivity contribution >= 4 is 22.2 Å². The van der Waals surface area contributed by atoms with E-state index in [4.69, 9.17) is 4.74 Å².